The number of thioether (sulfide) groups is 1. The molecule has 0 atom stereocenters. The molecule has 5 nitrogen and oxygen atoms in total. The summed E-state index contributed by atoms with van der Waals surface area (Å²) in [7, 11) is 2.76. The molecule has 2 aromatic rings. The normalized spacial score (nSPS) is 10.5. The van der Waals surface area contributed by atoms with Gasteiger partial charge in [-0.15, -0.1) is 11.8 Å². The number of carbonyl (C=O) groups is 1. The summed E-state index contributed by atoms with van der Waals surface area (Å²) in [6, 6.07) is 6.13. The molecule has 122 valence electrons. The van der Waals surface area contributed by atoms with Gasteiger partial charge in [-0.05, 0) is 37.4 Å². The zero-order chi connectivity index (χ0) is 17.1. The van der Waals surface area contributed by atoms with Crippen LogP contribution in [0.1, 0.15) is 15.9 Å². The minimum atomic E-state index is -0.604. The van der Waals surface area contributed by atoms with Gasteiger partial charge in [0.25, 0.3) is 5.56 Å². The van der Waals surface area contributed by atoms with Gasteiger partial charge in [-0.2, -0.15) is 0 Å². The lowest BCUT2D eigenvalue weighted by Gasteiger charge is -2.16. The molecule has 1 aromatic heterocycles. The van der Waals surface area contributed by atoms with Crippen molar-refractivity contribution in [2.24, 2.45) is 7.05 Å². The Morgan fingerprint density at radius 3 is 2.61 bits per heavy atom. The Morgan fingerprint density at radius 1 is 1.35 bits per heavy atom. The quantitative estimate of drug-likeness (QED) is 0.687. The van der Waals surface area contributed by atoms with Gasteiger partial charge >= 0.3 is 5.97 Å². The molecule has 0 aliphatic heterocycles. The maximum Gasteiger partial charge on any atom is 0.341 e. The van der Waals surface area contributed by atoms with E-state index in [1.54, 1.807) is 19.1 Å². The van der Waals surface area contributed by atoms with E-state index in [-0.39, 0.29) is 22.6 Å². The lowest BCUT2D eigenvalue weighted by molar-refractivity contribution is 0.0601. The molecule has 1 heterocycles. The van der Waals surface area contributed by atoms with Crippen LogP contribution in [-0.2, 0) is 11.8 Å². The highest BCUT2D eigenvalue weighted by atomic mass is 32.2. The molecule has 0 saturated heterocycles. The summed E-state index contributed by atoms with van der Waals surface area (Å²) in [6.07, 6.45) is 1.85. The standard InChI is InChI=1S/C16H17FN2O3S/c1-9-7-11(16(21)22-3)14(19(2)15(9)20)18-13-6-5-10(23-4)8-12(13)17/h5-8,18H,1-4H3. The summed E-state index contributed by atoms with van der Waals surface area (Å²) in [5, 5.41) is 2.82. The molecule has 7 heteroatoms. The Balaban J connectivity index is 2.57. The largest absolute Gasteiger partial charge is 0.465 e. The Labute approximate surface area is 137 Å². The average Bonchev–Trinajstić information content (AvgIpc) is 2.55. The first-order valence-corrected chi connectivity index (χ1v) is 8.01. The summed E-state index contributed by atoms with van der Waals surface area (Å²) in [5.41, 5.74) is 0.463. The number of nitrogens with one attached hydrogen (secondary N) is 1. The van der Waals surface area contributed by atoms with Crippen molar-refractivity contribution in [3.05, 3.63) is 51.6 Å². The van der Waals surface area contributed by atoms with Gasteiger partial charge in [0.15, 0.2) is 0 Å². The fraction of sp³-hybridized carbons (Fsp3) is 0.250. The van der Waals surface area contributed by atoms with Crippen molar-refractivity contribution in [1.29, 1.82) is 0 Å². The van der Waals surface area contributed by atoms with Crippen molar-refractivity contribution < 1.29 is 13.9 Å². The predicted octanol–water partition coefficient (Wildman–Crippen LogP) is 3.08. The van der Waals surface area contributed by atoms with Gasteiger partial charge < -0.3 is 10.1 Å². The first kappa shape index (κ1) is 17.1. The summed E-state index contributed by atoms with van der Waals surface area (Å²) in [4.78, 5) is 24.8. The predicted molar refractivity (Wildman–Crippen MR) is 89.2 cm³/mol. The van der Waals surface area contributed by atoms with E-state index in [2.05, 4.69) is 5.32 Å². The van der Waals surface area contributed by atoms with Gasteiger partial charge in [-0.1, -0.05) is 0 Å². The number of aromatic nitrogens is 1. The first-order chi connectivity index (χ1) is 10.9. The van der Waals surface area contributed by atoms with Crippen molar-refractivity contribution in [3.8, 4) is 0 Å². The van der Waals surface area contributed by atoms with Gasteiger partial charge in [0.1, 0.15) is 17.2 Å². The molecule has 0 fully saturated rings. The number of hydrogen-bond acceptors (Lipinski definition) is 5. The second-order valence-electron chi connectivity index (χ2n) is 4.92. The number of halogens is 1. The Bertz CT molecular complexity index is 818. The number of anilines is 2. The molecule has 0 bridgehead atoms. The van der Waals surface area contributed by atoms with Gasteiger partial charge in [0.2, 0.25) is 0 Å². The van der Waals surface area contributed by atoms with Crippen LogP contribution in [0.15, 0.2) is 34.0 Å². The van der Waals surface area contributed by atoms with Crippen molar-refractivity contribution in [2.45, 2.75) is 11.8 Å². The van der Waals surface area contributed by atoms with Crippen molar-refractivity contribution in [3.63, 3.8) is 0 Å². The van der Waals surface area contributed by atoms with Gasteiger partial charge in [-0.25, -0.2) is 9.18 Å². The van der Waals surface area contributed by atoms with Crippen molar-refractivity contribution >= 4 is 29.2 Å². The van der Waals surface area contributed by atoms with Gasteiger partial charge in [0.05, 0.1) is 12.8 Å². The van der Waals surface area contributed by atoms with Crippen LogP contribution in [0.25, 0.3) is 0 Å². The summed E-state index contributed by atoms with van der Waals surface area (Å²) in [6.45, 7) is 1.60. The zero-order valence-corrected chi connectivity index (χ0v) is 14.1. The minimum absolute atomic E-state index is 0.167. The third kappa shape index (κ3) is 3.39. The molecule has 0 spiro atoms. The molecule has 0 unspecified atom stereocenters. The van der Waals surface area contributed by atoms with Gasteiger partial charge in [0, 0.05) is 17.5 Å². The number of carbonyl (C=O) groups excluding carboxylic acids is 1. The van der Waals surface area contributed by atoms with E-state index in [4.69, 9.17) is 4.74 Å². The van der Waals surface area contributed by atoms with E-state index in [0.717, 1.165) is 4.90 Å². The Hall–Kier alpha value is -2.28. The second kappa shape index (κ2) is 6.87. The molecule has 0 amide bonds. The molecule has 0 radical (unpaired) electrons. The van der Waals surface area contributed by atoms with Gasteiger partial charge in [-0.3, -0.25) is 9.36 Å². The lowest BCUT2D eigenvalue weighted by atomic mass is 10.1. The SMILES string of the molecule is COC(=O)c1cc(C)c(=O)n(C)c1Nc1ccc(SC)cc1F. The number of hydrogen-bond donors (Lipinski definition) is 1. The Morgan fingerprint density at radius 2 is 2.04 bits per heavy atom. The number of methoxy groups -OCH3 is 1. The molecule has 2 rings (SSSR count). The van der Waals surface area contributed by atoms with E-state index in [9.17, 15) is 14.0 Å². The smallest absolute Gasteiger partial charge is 0.341 e. The molecule has 0 aliphatic rings. The molecular weight excluding hydrogens is 319 g/mol. The third-order valence-electron chi connectivity index (χ3n) is 3.43. The first-order valence-electron chi connectivity index (χ1n) is 6.78. The third-order valence-corrected chi connectivity index (χ3v) is 4.15. The van der Waals surface area contributed by atoms with Crippen LogP contribution in [0.3, 0.4) is 0 Å². The van der Waals surface area contributed by atoms with E-state index in [1.807, 2.05) is 6.26 Å². The maximum atomic E-state index is 14.2. The zero-order valence-electron chi connectivity index (χ0n) is 13.3. The van der Waals surface area contributed by atoms with Crippen LogP contribution in [-0.4, -0.2) is 23.9 Å². The van der Waals surface area contributed by atoms with Crippen LogP contribution < -0.4 is 10.9 Å². The number of nitrogens with zero attached hydrogens (tertiary/aromatic N) is 1. The highest BCUT2D eigenvalue weighted by Gasteiger charge is 2.18. The van der Waals surface area contributed by atoms with Crippen LogP contribution in [0.4, 0.5) is 15.9 Å². The lowest BCUT2D eigenvalue weighted by Crippen LogP contribution is -2.25. The number of ether oxygens (including phenoxy) is 1. The number of rotatable bonds is 4. The Kier molecular flexibility index (Phi) is 5.10. The molecular formula is C16H17FN2O3S. The molecule has 1 aromatic carbocycles. The fourth-order valence-corrected chi connectivity index (χ4v) is 2.59. The van der Waals surface area contributed by atoms with Crippen LogP contribution >= 0.6 is 11.8 Å². The molecule has 1 N–H and O–H groups in total. The minimum Gasteiger partial charge on any atom is -0.465 e. The number of esters is 1. The monoisotopic (exact) mass is 336 g/mol. The van der Waals surface area contributed by atoms with Crippen LogP contribution in [0.5, 0.6) is 0 Å². The number of benzene rings is 1. The van der Waals surface area contributed by atoms with E-state index < -0.39 is 11.8 Å². The van der Waals surface area contributed by atoms with E-state index in [0.29, 0.717) is 5.56 Å². The second-order valence-corrected chi connectivity index (χ2v) is 5.80. The molecule has 0 saturated carbocycles. The van der Waals surface area contributed by atoms with Crippen molar-refractivity contribution in [2.75, 3.05) is 18.7 Å². The average molecular weight is 336 g/mol. The topological polar surface area (TPSA) is 60.3 Å². The maximum absolute atomic E-state index is 14.2. The van der Waals surface area contributed by atoms with E-state index in [1.165, 1.54) is 42.6 Å². The summed E-state index contributed by atoms with van der Waals surface area (Å²) < 4.78 is 20.2. The summed E-state index contributed by atoms with van der Waals surface area (Å²) >= 11 is 1.42. The molecule has 23 heavy (non-hydrogen) atoms. The van der Waals surface area contributed by atoms with Crippen LogP contribution in [0.2, 0.25) is 0 Å². The van der Waals surface area contributed by atoms with Crippen LogP contribution in [0, 0.1) is 12.7 Å². The molecule has 0 aliphatic carbocycles. The highest BCUT2D eigenvalue weighted by molar-refractivity contribution is 7.98. The van der Waals surface area contributed by atoms with Crippen molar-refractivity contribution in [1.82, 2.24) is 4.57 Å². The van der Waals surface area contributed by atoms with E-state index >= 15 is 0 Å². The number of pyridine rings is 1. The number of aryl methyl sites for hydroxylation is 1. The fourth-order valence-electron chi connectivity index (χ4n) is 2.16. The highest BCUT2D eigenvalue weighted by Crippen LogP contribution is 2.26. The summed E-state index contributed by atoms with van der Waals surface area (Å²) in [5.74, 6) is -0.892.